The number of nitrogens with one attached hydrogen (secondary N) is 1. The molecule has 0 heterocycles. The van der Waals surface area contributed by atoms with Crippen molar-refractivity contribution in [3.05, 3.63) is 35.4 Å². The number of rotatable bonds is 7. The number of hydrogen-bond acceptors (Lipinski definition) is 3. The number of aliphatic hydroxyl groups is 1. The first-order valence-electron chi connectivity index (χ1n) is 6.25. The normalized spacial score (nSPS) is 16.1. The Morgan fingerprint density at radius 3 is 2.63 bits per heavy atom. The van der Waals surface area contributed by atoms with E-state index in [0.717, 1.165) is 12.1 Å². The standard InChI is InChI=1S/C14H21F2NO2/c1-10(11-4-5-12(15)13(16)8-11)17-9-14(2,18)6-7-19-3/h4-5,8,10,17-18H,6-7,9H2,1-3H3. The number of ether oxygens (including phenoxy) is 1. The molecule has 0 saturated carbocycles. The van der Waals surface area contributed by atoms with E-state index in [1.165, 1.54) is 6.07 Å². The topological polar surface area (TPSA) is 41.5 Å². The number of methoxy groups -OCH3 is 1. The number of halogens is 2. The Balaban J connectivity index is 2.54. The molecule has 0 aromatic heterocycles. The highest BCUT2D eigenvalue weighted by Gasteiger charge is 2.21. The SMILES string of the molecule is COCCC(C)(O)CNC(C)c1ccc(F)c(F)c1. The van der Waals surface area contributed by atoms with Gasteiger partial charge in [-0.2, -0.15) is 0 Å². The van der Waals surface area contributed by atoms with Crippen LogP contribution in [0.1, 0.15) is 31.9 Å². The lowest BCUT2D eigenvalue weighted by atomic mass is 10.0. The quantitative estimate of drug-likeness (QED) is 0.801. The van der Waals surface area contributed by atoms with Crippen LogP contribution in [-0.2, 0) is 4.74 Å². The molecule has 2 unspecified atom stereocenters. The minimum atomic E-state index is -0.900. The van der Waals surface area contributed by atoms with Gasteiger partial charge < -0.3 is 15.2 Å². The molecule has 0 saturated heterocycles. The van der Waals surface area contributed by atoms with Gasteiger partial charge in [0.05, 0.1) is 5.60 Å². The van der Waals surface area contributed by atoms with E-state index in [-0.39, 0.29) is 6.04 Å². The maximum Gasteiger partial charge on any atom is 0.159 e. The lowest BCUT2D eigenvalue weighted by Gasteiger charge is -2.26. The first-order valence-corrected chi connectivity index (χ1v) is 6.25. The van der Waals surface area contributed by atoms with Crippen molar-refractivity contribution in [1.29, 1.82) is 0 Å². The molecule has 1 aromatic carbocycles. The fourth-order valence-electron chi connectivity index (χ4n) is 1.68. The minimum Gasteiger partial charge on any atom is -0.389 e. The molecule has 2 N–H and O–H groups in total. The summed E-state index contributed by atoms with van der Waals surface area (Å²) in [5.41, 5.74) is -0.260. The summed E-state index contributed by atoms with van der Waals surface area (Å²) < 4.78 is 30.9. The van der Waals surface area contributed by atoms with Crippen LogP contribution in [0.5, 0.6) is 0 Å². The van der Waals surface area contributed by atoms with E-state index >= 15 is 0 Å². The molecule has 0 bridgehead atoms. The van der Waals surface area contributed by atoms with Crippen LogP contribution < -0.4 is 5.32 Å². The number of benzene rings is 1. The molecule has 2 atom stereocenters. The van der Waals surface area contributed by atoms with Crippen molar-refractivity contribution in [2.75, 3.05) is 20.3 Å². The van der Waals surface area contributed by atoms with E-state index in [0.29, 0.717) is 25.1 Å². The highest BCUT2D eigenvalue weighted by atomic mass is 19.2. The van der Waals surface area contributed by atoms with Crippen LogP contribution in [0.3, 0.4) is 0 Å². The number of hydrogen-bond donors (Lipinski definition) is 2. The van der Waals surface area contributed by atoms with E-state index in [2.05, 4.69) is 5.32 Å². The van der Waals surface area contributed by atoms with E-state index in [1.54, 1.807) is 14.0 Å². The molecule has 0 aliphatic heterocycles. The molecule has 0 fully saturated rings. The van der Waals surface area contributed by atoms with Gasteiger partial charge in [-0.15, -0.1) is 0 Å². The molecule has 1 aromatic rings. The van der Waals surface area contributed by atoms with Gasteiger partial charge in [-0.1, -0.05) is 6.07 Å². The summed E-state index contributed by atoms with van der Waals surface area (Å²) in [6.45, 7) is 4.35. The molecule has 1 rings (SSSR count). The highest BCUT2D eigenvalue weighted by molar-refractivity contribution is 5.20. The Morgan fingerprint density at radius 1 is 1.37 bits per heavy atom. The van der Waals surface area contributed by atoms with Crippen molar-refractivity contribution in [1.82, 2.24) is 5.32 Å². The average molecular weight is 273 g/mol. The molecule has 0 aliphatic carbocycles. The second-order valence-electron chi connectivity index (χ2n) is 5.02. The lowest BCUT2D eigenvalue weighted by molar-refractivity contribution is 0.0231. The Bertz CT molecular complexity index is 410. The zero-order valence-corrected chi connectivity index (χ0v) is 11.5. The van der Waals surface area contributed by atoms with Crippen LogP contribution >= 0.6 is 0 Å². The zero-order valence-electron chi connectivity index (χ0n) is 11.5. The second kappa shape index (κ2) is 6.93. The van der Waals surface area contributed by atoms with E-state index in [1.807, 2.05) is 6.92 Å². The van der Waals surface area contributed by atoms with Gasteiger partial charge in [-0.25, -0.2) is 8.78 Å². The predicted octanol–water partition coefficient (Wildman–Crippen LogP) is 2.40. The third-order valence-corrected chi connectivity index (χ3v) is 3.08. The first kappa shape index (κ1) is 16.0. The van der Waals surface area contributed by atoms with Crippen LogP contribution in [0.25, 0.3) is 0 Å². The predicted molar refractivity (Wildman–Crippen MR) is 69.9 cm³/mol. The Morgan fingerprint density at radius 2 is 2.05 bits per heavy atom. The fourth-order valence-corrected chi connectivity index (χ4v) is 1.68. The van der Waals surface area contributed by atoms with Crippen LogP contribution in [0.2, 0.25) is 0 Å². The van der Waals surface area contributed by atoms with Gasteiger partial charge in [0.25, 0.3) is 0 Å². The van der Waals surface area contributed by atoms with Crippen LogP contribution in [0.4, 0.5) is 8.78 Å². The molecule has 0 spiro atoms. The van der Waals surface area contributed by atoms with Crippen molar-refractivity contribution in [3.63, 3.8) is 0 Å². The largest absolute Gasteiger partial charge is 0.389 e. The first-order chi connectivity index (χ1) is 8.85. The summed E-state index contributed by atoms with van der Waals surface area (Å²) in [7, 11) is 1.58. The molecular weight excluding hydrogens is 252 g/mol. The lowest BCUT2D eigenvalue weighted by Crippen LogP contribution is -2.39. The highest BCUT2D eigenvalue weighted by Crippen LogP contribution is 2.17. The van der Waals surface area contributed by atoms with Gasteiger partial charge in [-0.05, 0) is 31.5 Å². The second-order valence-corrected chi connectivity index (χ2v) is 5.02. The Kier molecular flexibility index (Phi) is 5.85. The van der Waals surface area contributed by atoms with Gasteiger partial charge in [0.1, 0.15) is 0 Å². The van der Waals surface area contributed by atoms with E-state index < -0.39 is 17.2 Å². The van der Waals surface area contributed by atoms with E-state index in [9.17, 15) is 13.9 Å². The maximum atomic E-state index is 13.1. The molecule has 0 radical (unpaired) electrons. The summed E-state index contributed by atoms with van der Waals surface area (Å²) in [4.78, 5) is 0. The minimum absolute atomic E-state index is 0.177. The van der Waals surface area contributed by atoms with Gasteiger partial charge in [0.2, 0.25) is 0 Å². The molecule has 19 heavy (non-hydrogen) atoms. The molecular formula is C14H21F2NO2. The van der Waals surface area contributed by atoms with Gasteiger partial charge in [-0.3, -0.25) is 0 Å². The molecule has 5 heteroatoms. The van der Waals surface area contributed by atoms with Crippen molar-refractivity contribution >= 4 is 0 Å². The van der Waals surface area contributed by atoms with Crippen molar-refractivity contribution in [2.24, 2.45) is 0 Å². The Labute approximate surface area is 112 Å². The van der Waals surface area contributed by atoms with Crippen molar-refractivity contribution < 1.29 is 18.6 Å². The third kappa shape index (κ3) is 5.22. The van der Waals surface area contributed by atoms with Crippen molar-refractivity contribution in [2.45, 2.75) is 31.9 Å². The summed E-state index contributed by atoms with van der Waals surface area (Å²) in [5.74, 6) is -1.72. The summed E-state index contributed by atoms with van der Waals surface area (Å²) in [6.07, 6.45) is 0.501. The molecule has 108 valence electrons. The van der Waals surface area contributed by atoms with Gasteiger partial charge in [0.15, 0.2) is 11.6 Å². The van der Waals surface area contributed by atoms with Crippen LogP contribution in [0.15, 0.2) is 18.2 Å². The molecule has 3 nitrogen and oxygen atoms in total. The van der Waals surface area contributed by atoms with Gasteiger partial charge in [0, 0.05) is 32.7 Å². The van der Waals surface area contributed by atoms with Crippen LogP contribution in [-0.4, -0.2) is 31.0 Å². The smallest absolute Gasteiger partial charge is 0.159 e. The molecule has 0 aliphatic rings. The average Bonchev–Trinajstić information content (AvgIpc) is 2.37. The Hall–Kier alpha value is -1.04. The van der Waals surface area contributed by atoms with Gasteiger partial charge >= 0.3 is 0 Å². The molecule has 0 amide bonds. The van der Waals surface area contributed by atoms with Crippen molar-refractivity contribution in [3.8, 4) is 0 Å². The maximum absolute atomic E-state index is 13.1. The fraction of sp³-hybridized carbons (Fsp3) is 0.571. The van der Waals surface area contributed by atoms with E-state index in [4.69, 9.17) is 4.74 Å². The summed E-state index contributed by atoms with van der Waals surface area (Å²) >= 11 is 0. The zero-order chi connectivity index (χ0) is 14.5. The summed E-state index contributed by atoms with van der Waals surface area (Å²) in [5, 5.41) is 13.2. The van der Waals surface area contributed by atoms with Crippen LogP contribution in [0, 0.1) is 11.6 Å². The summed E-state index contributed by atoms with van der Waals surface area (Å²) in [6, 6.07) is 3.62. The third-order valence-electron chi connectivity index (χ3n) is 3.08. The monoisotopic (exact) mass is 273 g/mol.